The van der Waals surface area contributed by atoms with E-state index in [1.807, 2.05) is 54.6 Å². The van der Waals surface area contributed by atoms with Gasteiger partial charge >= 0.3 is 6.03 Å². The van der Waals surface area contributed by atoms with Crippen LogP contribution in [0.1, 0.15) is 0 Å². The number of anilines is 2. The van der Waals surface area contributed by atoms with Crippen molar-refractivity contribution in [3.63, 3.8) is 0 Å². The molecule has 0 spiro atoms. The molecule has 2 aromatic carbocycles. The van der Waals surface area contributed by atoms with Gasteiger partial charge in [0.25, 0.3) is 0 Å². The molecule has 0 aliphatic carbocycles. The highest BCUT2D eigenvalue weighted by molar-refractivity contribution is 5.99. The molecule has 0 radical (unpaired) electrons. The lowest BCUT2D eigenvalue weighted by molar-refractivity contribution is 0.180. The van der Waals surface area contributed by atoms with Crippen LogP contribution in [0, 0.1) is 0 Å². The minimum atomic E-state index is -0.102. The van der Waals surface area contributed by atoms with E-state index in [0.29, 0.717) is 35.6 Å². The Hall–Kier alpha value is -4.34. The Morgan fingerprint density at radius 2 is 1.64 bits per heavy atom. The van der Waals surface area contributed by atoms with Crippen molar-refractivity contribution >= 4 is 28.8 Å². The number of nitrogens with two attached hydrogens (primary N) is 2. The van der Waals surface area contributed by atoms with Crippen LogP contribution in [0.15, 0.2) is 54.6 Å². The van der Waals surface area contributed by atoms with E-state index in [0.717, 1.165) is 11.3 Å². The fourth-order valence-electron chi connectivity index (χ4n) is 3.46. The minimum Gasteiger partial charge on any atom is -0.457 e. The number of benzene rings is 2. The molecule has 10 nitrogen and oxygen atoms in total. The number of aromatic nitrogens is 4. The Labute approximate surface area is 191 Å². The predicted molar refractivity (Wildman–Crippen MR) is 128 cm³/mol. The topological polar surface area (TPSA) is 128 Å². The molecule has 4 rings (SSSR count). The average molecular weight is 447 g/mol. The number of ether oxygens (including phenoxy) is 1. The van der Waals surface area contributed by atoms with Gasteiger partial charge in [-0.25, -0.2) is 9.48 Å². The number of carbonyl (C=O) groups excluding carboxylic acids is 1. The summed E-state index contributed by atoms with van der Waals surface area (Å²) < 4.78 is 7.58. The highest BCUT2D eigenvalue weighted by Gasteiger charge is 2.19. The summed E-state index contributed by atoms with van der Waals surface area (Å²) in [5.74, 6) is 1.77. The summed E-state index contributed by atoms with van der Waals surface area (Å²) in [5, 5.41) is 5.35. The second kappa shape index (κ2) is 9.03. The zero-order valence-electron chi connectivity index (χ0n) is 18.8. The first-order valence-corrected chi connectivity index (χ1v) is 10.4. The summed E-state index contributed by atoms with van der Waals surface area (Å²) in [5.41, 5.74) is 14.0. The van der Waals surface area contributed by atoms with E-state index in [-0.39, 0.29) is 17.8 Å². The van der Waals surface area contributed by atoms with Gasteiger partial charge in [-0.05, 0) is 36.4 Å². The molecule has 0 saturated carbocycles. The van der Waals surface area contributed by atoms with Crippen LogP contribution in [0.2, 0.25) is 0 Å². The van der Waals surface area contributed by atoms with Gasteiger partial charge in [-0.3, -0.25) is 0 Å². The number of fused-ring (bicyclic) bond motifs is 1. The second-order valence-corrected chi connectivity index (χ2v) is 7.78. The fraction of sp³-hybridized carbons (Fsp3) is 0.217. The average Bonchev–Trinajstić information content (AvgIpc) is 3.16. The maximum absolute atomic E-state index is 12.2. The molecule has 0 unspecified atom stereocenters. The van der Waals surface area contributed by atoms with Crippen LogP contribution < -0.4 is 16.2 Å². The molecule has 2 aromatic heterocycles. The molecule has 4 N–H and O–H groups in total. The van der Waals surface area contributed by atoms with Crippen LogP contribution >= 0.6 is 0 Å². The minimum absolute atomic E-state index is 0.0667. The number of urea groups is 1. The Morgan fingerprint density at radius 3 is 2.30 bits per heavy atom. The van der Waals surface area contributed by atoms with E-state index in [1.165, 1.54) is 4.90 Å². The lowest BCUT2D eigenvalue weighted by atomic mass is 10.1. The molecule has 170 valence electrons. The van der Waals surface area contributed by atoms with Gasteiger partial charge in [0.05, 0.1) is 11.9 Å². The number of likely N-dealkylation sites (N-methyl/N-ethyl adjacent to an activating group) is 1. The monoisotopic (exact) mass is 446 g/mol. The first kappa shape index (κ1) is 21.9. The van der Waals surface area contributed by atoms with Gasteiger partial charge in [0.15, 0.2) is 5.65 Å². The van der Waals surface area contributed by atoms with E-state index < -0.39 is 0 Å². The van der Waals surface area contributed by atoms with E-state index in [9.17, 15) is 4.79 Å². The van der Waals surface area contributed by atoms with Crippen LogP contribution in [0.4, 0.5) is 16.6 Å². The standard InChI is InChI=1S/C23H26N8O2/c1-29(2)23(32)30(3)13-14-31-21-18(20(24)26-22(25)27-21)19(28-31)15-9-11-17(12-10-15)33-16-7-5-4-6-8-16/h4-12H,13-14H2,1-3H3,(H4,24,25,26,27). The van der Waals surface area contributed by atoms with Gasteiger partial charge in [0.1, 0.15) is 23.0 Å². The molecule has 0 saturated heterocycles. The Bertz CT molecular complexity index is 1270. The van der Waals surface area contributed by atoms with Crippen molar-refractivity contribution in [3.05, 3.63) is 54.6 Å². The number of rotatable bonds is 6. The van der Waals surface area contributed by atoms with Crippen molar-refractivity contribution in [2.24, 2.45) is 0 Å². The number of para-hydroxylation sites is 1. The molecule has 2 amide bonds. The summed E-state index contributed by atoms with van der Waals surface area (Å²) in [6.45, 7) is 0.846. The van der Waals surface area contributed by atoms with Crippen LogP contribution in [-0.4, -0.2) is 63.3 Å². The zero-order valence-corrected chi connectivity index (χ0v) is 18.8. The summed E-state index contributed by atoms with van der Waals surface area (Å²) in [6, 6.07) is 17.0. The number of hydrogen-bond donors (Lipinski definition) is 2. The Balaban J connectivity index is 1.65. The van der Waals surface area contributed by atoms with Crippen molar-refractivity contribution in [3.8, 4) is 22.8 Å². The van der Waals surface area contributed by atoms with E-state index >= 15 is 0 Å². The fourth-order valence-corrected chi connectivity index (χ4v) is 3.46. The SMILES string of the molecule is CN(C)C(=O)N(C)CCn1nc(-c2ccc(Oc3ccccc3)cc2)c2c(N)nc(N)nc21. The van der Waals surface area contributed by atoms with Gasteiger partial charge in [-0.2, -0.15) is 15.1 Å². The largest absolute Gasteiger partial charge is 0.457 e. The van der Waals surface area contributed by atoms with Gasteiger partial charge in [-0.1, -0.05) is 18.2 Å². The number of amides is 2. The first-order valence-electron chi connectivity index (χ1n) is 10.4. The van der Waals surface area contributed by atoms with Crippen molar-refractivity contribution in [1.82, 2.24) is 29.5 Å². The van der Waals surface area contributed by atoms with Gasteiger partial charge in [0, 0.05) is 33.3 Å². The summed E-state index contributed by atoms with van der Waals surface area (Å²) in [6.07, 6.45) is 0. The molecule has 33 heavy (non-hydrogen) atoms. The quantitative estimate of drug-likeness (QED) is 0.466. The van der Waals surface area contributed by atoms with Gasteiger partial charge in [0.2, 0.25) is 5.95 Å². The van der Waals surface area contributed by atoms with Gasteiger partial charge < -0.3 is 26.0 Å². The molecule has 0 atom stereocenters. The van der Waals surface area contributed by atoms with Crippen LogP contribution in [0.5, 0.6) is 11.5 Å². The van der Waals surface area contributed by atoms with Crippen LogP contribution in [0.3, 0.4) is 0 Å². The molecular formula is C23H26N8O2. The molecule has 10 heteroatoms. The Morgan fingerprint density at radius 1 is 0.970 bits per heavy atom. The highest BCUT2D eigenvalue weighted by Crippen LogP contribution is 2.32. The molecule has 0 aliphatic rings. The summed E-state index contributed by atoms with van der Waals surface area (Å²) >= 11 is 0. The van der Waals surface area contributed by atoms with Crippen molar-refractivity contribution in [2.45, 2.75) is 6.54 Å². The summed E-state index contributed by atoms with van der Waals surface area (Å²) in [7, 11) is 5.15. The third-order valence-electron chi connectivity index (χ3n) is 5.10. The third kappa shape index (κ3) is 4.64. The highest BCUT2D eigenvalue weighted by atomic mass is 16.5. The normalized spacial score (nSPS) is 10.9. The molecule has 0 fully saturated rings. The van der Waals surface area contributed by atoms with E-state index in [1.54, 1.807) is 30.7 Å². The van der Waals surface area contributed by atoms with Crippen LogP contribution in [0.25, 0.3) is 22.3 Å². The zero-order chi connectivity index (χ0) is 23.5. The number of nitrogens with zero attached hydrogens (tertiary/aromatic N) is 6. The smallest absolute Gasteiger partial charge is 0.319 e. The molecule has 0 bridgehead atoms. The van der Waals surface area contributed by atoms with Crippen molar-refractivity contribution in [2.75, 3.05) is 39.2 Å². The van der Waals surface area contributed by atoms with Crippen molar-refractivity contribution in [1.29, 1.82) is 0 Å². The lowest BCUT2D eigenvalue weighted by Gasteiger charge is -2.21. The molecule has 0 aliphatic heterocycles. The van der Waals surface area contributed by atoms with E-state index in [2.05, 4.69) is 9.97 Å². The van der Waals surface area contributed by atoms with Gasteiger partial charge in [-0.15, -0.1) is 0 Å². The number of hydrogen-bond acceptors (Lipinski definition) is 7. The Kier molecular flexibility index (Phi) is 5.99. The molecule has 2 heterocycles. The first-order chi connectivity index (χ1) is 15.8. The lowest BCUT2D eigenvalue weighted by Crippen LogP contribution is -2.38. The third-order valence-corrected chi connectivity index (χ3v) is 5.10. The van der Waals surface area contributed by atoms with Crippen LogP contribution in [-0.2, 0) is 6.54 Å². The molecular weight excluding hydrogens is 420 g/mol. The maximum Gasteiger partial charge on any atom is 0.319 e. The van der Waals surface area contributed by atoms with Crippen molar-refractivity contribution < 1.29 is 9.53 Å². The number of carbonyl (C=O) groups is 1. The second-order valence-electron chi connectivity index (χ2n) is 7.78. The number of nitrogen functional groups attached to an aromatic ring is 2. The molecule has 4 aromatic rings. The maximum atomic E-state index is 12.2. The summed E-state index contributed by atoms with van der Waals surface area (Å²) in [4.78, 5) is 23.8. The predicted octanol–water partition coefficient (Wildman–Crippen LogP) is 3.06. The van der Waals surface area contributed by atoms with E-state index in [4.69, 9.17) is 21.3 Å².